The minimum absolute atomic E-state index is 0.0522. The average molecular weight is 380 g/mol. The van der Waals surface area contributed by atoms with Gasteiger partial charge in [0.1, 0.15) is 11.4 Å². The normalized spacial score (nSPS) is 11.6. The number of benzene rings is 1. The molecule has 3 aromatic rings. The first-order valence-electron chi connectivity index (χ1n) is 9.40. The van der Waals surface area contributed by atoms with Gasteiger partial charge < -0.3 is 10.2 Å². The zero-order chi connectivity index (χ0) is 20.6. The molecule has 0 aliphatic carbocycles. The number of hydrogen-bond acceptors (Lipinski definition) is 4. The number of hydrogen-bond donors (Lipinski definition) is 2. The number of pyridine rings is 2. The number of aromatic nitrogens is 2. The molecule has 6 heteroatoms. The van der Waals surface area contributed by atoms with Crippen LogP contribution in [0.3, 0.4) is 0 Å². The summed E-state index contributed by atoms with van der Waals surface area (Å²) in [6.45, 7) is 8.26. The number of carboxylic acid groups (broad SMARTS) is 2. The van der Waals surface area contributed by atoms with Crippen LogP contribution in [0.2, 0.25) is 0 Å². The van der Waals surface area contributed by atoms with Crippen molar-refractivity contribution < 1.29 is 19.8 Å². The van der Waals surface area contributed by atoms with Crippen LogP contribution >= 0.6 is 0 Å². The molecule has 1 aromatic carbocycles. The first-order valence-corrected chi connectivity index (χ1v) is 9.40. The summed E-state index contributed by atoms with van der Waals surface area (Å²) in [7, 11) is 0. The fourth-order valence-electron chi connectivity index (χ4n) is 3.55. The number of carboxylic acids is 2. The van der Waals surface area contributed by atoms with Gasteiger partial charge in [0.2, 0.25) is 0 Å². The van der Waals surface area contributed by atoms with E-state index >= 15 is 0 Å². The lowest BCUT2D eigenvalue weighted by Crippen LogP contribution is -2.08. The van der Waals surface area contributed by atoms with Crippen molar-refractivity contribution in [3.63, 3.8) is 0 Å². The summed E-state index contributed by atoms with van der Waals surface area (Å²) in [4.78, 5) is 31.9. The molecule has 0 saturated heterocycles. The molecule has 2 N–H and O–H groups in total. The highest BCUT2D eigenvalue weighted by Crippen LogP contribution is 2.30. The minimum atomic E-state index is -1.11. The standard InChI is InChI=1S/C22H24N2O4/c1-11(2)7-13-9-17(21(25)26)23-19-15(13)5-6-16-14(8-12(3)4)10-18(22(27)28)24-20(16)19/h5-6,9-12H,7-8H2,1-4H3,(H,25,26)(H,27,28). The van der Waals surface area contributed by atoms with Crippen LogP contribution < -0.4 is 0 Å². The highest BCUT2D eigenvalue weighted by Gasteiger charge is 2.18. The van der Waals surface area contributed by atoms with E-state index in [1.165, 1.54) is 0 Å². The number of nitrogens with zero attached hydrogens (tertiary/aromatic N) is 2. The largest absolute Gasteiger partial charge is 0.477 e. The number of aromatic carboxylic acids is 2. The third-order valence-electron chi connectivity index (χ3n) is 4.62. The van der Waals surface area contributed by atoms with Gasteiger partial charge in [-0.3, -0.25) is 0 Å². The van der Waals surface area contributed by atoms with Gasteiger partial charge in [-0.25, -0.2) is 19.6 Å². The third-order valence-corrected chi connectivity index (χ3v) is 4.62. The van der Waals surface area contributed by atoms with Crippen molar-refractivity contribution in [3.8, 4) is 0 Å². The molecule has 0 bridgehead atoms. The third kappa shape index (κ3) is 3.81. The smallest absolute Gasteiger partial charge is 0.354 e. The molecule has 0 aliphatic heterocycles. The van der Waals surface area contributed by atoms with Gasteiger partial charge in [0.05, 0.1) is 11.0 Å². The van der Waals surface area contributed by atoms with Gasteiger partial charge >= 0.3 is 11.9 Å². The maximum Gasteiger partial charge on any atom is 0.354 e. The van der Waals surface area contributed by atoms with Crippen LogP contribution in [-0.4, -0.2) is 32.1 Å². The Bertz CT molecular complexity index is 1000. The molecule has 0 saturated carbocycles. The predicted octanol–water partition coefficient (Wildman–Crippen LogP) is 4.58. The minimum Gasteiger partial charge on any atom is -0.477 e. The quantitative estimate of drug-likeness (QED) is 0.607. The van der Waals surface area contributed by atoms with E-state index in [1.54, 1.807) is 12.1 Å². The van der Waals surface area contributed by atoms with Crippen LogP contribution in [0, 0.1) is 11.8 Å². The molecule has 0 atom stereocenters. The number of rotatable bonds is 6. The van der Waals surface area contributed by atoms with Crippen LogP contribution in [0.15, 0.2) is 24.3 Å². The van der Waals surface area contributed by atoms with Crippen molar-refractivity contribution >= 4 is 33.7 Å². The average Bonchev–Trinajstić information content (AvgIpc) is 2.60. The Morgan fingerprint density at radius 3 is 1.43 bits per heavy atom. The van der Waals surface area contributed by atoms with E-state index in [0.29, 0.717) is 35.7 Å². The maximum absolute atomic E-state index is 11.6. The van der Waals surface area contributed by atoms with E-state index < -0.39 is 11.9 Å². The van der Waals surface area contributed by atoms with E-state index in [9.17, 15) is 19.8 Å². The summed E-state index contributed by atoms with van der Waals surface area (Å²) in [5.41, 5.74) is 2.55. The maximum atomic E-state index is 11.6. The van der Waals surface area contributed by atoms with E-state index in [2.05, 4.69) is 37.7 Å². The van der Waals surface area contributed by atoms with Crippen LogP contribution in [0.5, 0.6) is 0 Å². The molecule has 0 aliphatic rings. The first-order chi connectivity index (χ1) is 13.2. The van der Waals surface area contributed by atoms with Gasteiger partial charge in [-0.2, -0.15) is 0 Å². The Labute approximate surface area is 163 Å². The molecular weight excluding hydrogens is 356 g/mol. The van der Waals surface area contributed by atoms with Crippen molar-refractivity contribution in [1.82, 2.24) is 9.97 Å². The van der Waals surface area contributed by atoms with Crippen LogP contribution in [0.4, 0.5) is 0 Å². The van der Waals surface area contributed by atoms with Gasteiger partial charge in [-0.15, -0.1) is 0 Å². The predicted molar refractivity (Wildman–Crippen MR) is 108 cm³/mol. The molecule has 2 heterocycles. The van der Waals surface area contributed by atoms with Gasteiger partial charge in [-0.05, 0) is 47.9 Å². The second-order valence-electron chi connectivity index (χ2n) is 8.00. The summed E-state index contributed by atoms with van der Waals surface area (Å²) in [5, 5.41) is 20.7. The Hall–Kier alpha value is -3.02. The monoisotopic (exact) mass is 380 g/mol. The Morgan fingerprint density at radius 1 is 0.786 bits per heavy atom. The lowest BCUT2D eigenvalue weighted by molar-refractivity contribution is 0.0680. The van der Waals surface area contributed by atoms with Gasteiger partial charge in [-0.1, -0.05) is 39.8 Å². The van der Waals surface area contributed by atoms with Crippen molar-refractivity contribution in [3.05, 3.63) is 46.8 Å². The molecule has 28 heavy (non-hydrogen) atoms. The van der Waals surface area contributed by atoms with Crippen LogP contribution in [0.1, 0.15) is 59.8 Å². The van der Waals surface area contributed by atoms with Crippen molar-refractivity contribution in [2.24, 2.45) is 11.8 Å². The van der Waals surface area contributed by atoms with E-state index in [-0.39, 0.29) is 11.4 Å². The van der Waals surface area contributed by atoms with Gasteiger partial charge in [0.15, 0.2) is 0 Å². The lowest BCUT2D eigenvalue weighted by atomic mass is 9.94. The summed E-state index contributed by atoms with van der Waals surface area (Å²) >= 11 is 0. The highest BCUT2D eigenvalue weighted by atomic mass is 16.4. The zero-order valence-electron chi connectivity index (χ0n) is 16.5. The first kappa shape index (κ1) is 19.7. The molecular formula is C22H24N2O4. The molecule has 3 rings (SSSR count). The molecule has 0 fully saturated rings. The molecule has 6 nitrogen and oxygen atoms in total. The fourth-order valence-corrected chi connectivity index (χ4v) is 3.55. The summed E-state index contributed by atoms with van der Waals surface area (Å²) < 4.78 is 0. The van der Waals surface area contributed by atoms with Crippen molar-refractivity contribution in [1.29, 1.82) is 0 Å². The SMILES string of the molecule is CC(C)Cc1cc(C(=O)O)nc2c1ccc1c(CC(C)C)cc(C(=O)O)nc12. The molecule has 0 unspecified atom stereocenters. The van der Waals surface area contributed by atoms with E-state index in [4.69, 9.17) is 0 Å². The highest BCUT2D eigenvalue weighted by molar-refractivity contribution is 6.07. The fraction of sp³-hybridized carbons (Fsp3) is 0.364. The lowest BCUT2D eigenvalue weighted by Gasteiger charge is -2.14. The molecule has 0 spiro atoms. The number of fused-ring (bicyclic) bond motifs is 3. The molecule has 0 radical (unpaired) electrons. The molecule has 0 amide bonds. The van der Waals surface area contributed by atoms with Gasteiger partial charge in [0.25, 0.3) is 0 Å². The second-order valence-corrected chi connectivity index (χ2v) is 8.00. The number of carbonyl (C=O) groups is 2. The van der Waals surface area contributed by atoms with E-state index in [0.717, 1.165) is 21.9 Å². The van der Waals surface area contributed by atoms with Crippen LogP contribution in [0.25, 0.3) is 21.8 Å². The Kier molecular flexibility index (Phi) is 5.31. The molecule has 146 valence electrons. The zero-order valence-corrected chi connectivity index (χ0v) is 16.5. The van der Waals surface area contributed by atoms with E-state index in [1.807, 2.05) is 12.1 Å². The van der Waals surface area contributed by atoms with Crippen molar-refractivity contribution in [2.75, 3.05) is 0 Å². The van der Waals surface area contributed by atoms with Crippen molar-refractivity contribution in [2.45, 2.75) is 40.5 Å². The molecule has 2 aromatic heterocycles. The van der Waals surface area contributed by atoms with Crippen LogP contribution in [-0.2, 0) is 12.8 Å². The second kappa shape index (κ2) is 7.54. The Morgan fingerprint density at radius 2 is 1.14 bits per heavy atom. The Balaban J connectivity index is 2.44. The topological polar surface area (TPSA) is 100 Å². The summed E-state index contributed by atoms with van der Waals surface area (Å²) in [6, 6.07) is 7.10. The summed E-state index contributed by atoms with van der Waals surface area (Å²) in [5.74, 6) is -1.56. The summed E-state index contributed by atoms with van der Waals surface area (Å²) in [6.07, 6.45) is 1.39. The van der Waals surface area contributed by atoms with Gasteiger partial charge in [0, 0.05) is 10.8 Å².